The highest BCUT2D eigenvalue weighted by atomic mass is 32.1. The summed E-state index contributed by atoms with van der Waals surface area (Å²) in [5.41, 5.74) is 4.91. The van der Waals surface area contributed by atoms with E-state index in [0.29, 0.717) is 5.92 Å². The van der Waals surface area contributed by atoms with Gasteiger partial charge in [-0.2, -0.15) is 19.8 Å². The van der Waals surface area contributed by atoms with E-state index in [1.54, 1.807) is 4.52 Å². The van der Waals surface area contributed by atoms with Gasteiger partial charge in [-0.1, -0.05) is 25.2 Å². The maximum atomic E-state index is 4.69. The van der Waals surface area contributed by atoms with Crippen molar-refractivity contribution in [3.8, 4) is 22.1 Å². The lowest BCUT2D eigenvalue weighted by molar-refractivity contribution is 0.633. The summed E-state index contributed by atoms with van der Waals surface area (Å²) in [5.74, 6) is 1.30. The summed E-state index contributed by atoms with van der Waals surface area (Å²) in [6, 6.07) is 2.06. The van der Waals surface area contributed by atoms with Crippen LogP contribution in [0.15, 0.2) is 6.07 Å². The zero-order chi connectivity index (χ0) is 17.7. The summed E-state index contributed by atoms with van der Waals surface area (Å²) in [6.07, 6.45) is 0.969. The molecule has 0 aliphatic carbocycles. The Kier molecular flexibility index (Phi) is 3.68. The van der Waals surface area contributed by atoms with Crippen LogP contribution in [-0.2, 0) is 13.5 Å². The van der Waals surface area contributed by atoms with E-state index in [1.807, 2.05) is 25.6 Å². The van der Waals surface area contributed by atoms with Crippen LogP contribution in [0.1, 0.15) is 30.9 Å². The highest BCUT2D eigenvalue weighted by molar-refractivity contribution is 7.19. The van der Waals surface area contributed by atoms with Crippen molar-refractivity contribution in [2.24, 2.45) is 13.0 Å². The Bertz CT molecular complexity index is 1050. The molecule has 0 aliphatic rings. The second-order valence-electron chi connectivity index (χ2n) is 6.67. The van der Waals surface area contributed by atoms with Crippen molar-refractivity contribution >= 4 is 16.3 Å². The predicted molar refractivity (Wildman–Crippen MR) is 96.5 cm³/mol. The molecular formula is C16H20N8S. The van der Waals surface area contributed by atoms with Gasteiger partial charge in [0.25, 0.3) is 0 Å². The van der Waals surface area contributed by atoms with Crippen molar-refractivity contribution in [1.29, 1.82) is 0 Å². The fourth-order valence-corrected chi connectivity index (χ4v) is 3.79. The molecule has 0 radical (unpaired) electrons. The lowest BCUT2D eigenvalue weighted by Crippen LogP contribution is -1.95. The number of hydrogen-bond donors (Lipinski definition) is 1. The number of hydrogen-bond acceptors (Lipinski definition) is 6. The largest absolute Gasteiger partial charge is 0.282 e. The number of aromatic nitrogens is 8. The van der Waals surface area contributed by atoms with E-state index in [1.165, 1.54) is 11.3 Å². The monoisotopic (exact) mass is 356 g/mol. The first-order chi connectivity index (χ1) is 11.9. The standard InChI is InChI=1S/C16H20N8S/c1-8(2)6-11-7-12(18-17-11)15-22-24-14(19-20-16(24)25-15)13-9(3)21-23(5)10(13)4/h7-8H,6H2,1-5H3,(H,17,18). The van der Waals surface area contributed by atoms with Crippen molar-refractivity contribution in [3.05, 3.63) is 23.1 Å². The molecule has 4 heterocycles. The number of H-pyrrole nitrogens is 1. The zero-order valence-electron chi connectivity index (χ0n) is 14.9. The van der Waals surface area contributed by atoms with Crippen LogP contribution in [-0.4, -0.2) is 39.8 Å². The zero-order valence-corrected chi connectivity index (χ0v) is 15.7. The molecule has 130 valence electrons. The minimum Gasteiger partial charge on any atom is -0.282 e. The molecule has 0 amide bonds. The van der Waals surface area contributed by atoms with Gasteiger partial charge in [0.05, 0.1) is 11.3 Å². The average molecular weight is 356 g/mol. The Morgan fingerprint density at radius 2 is 2.00 bits per heavy atom. The summed E-state index contributed by atoms with van der Waals surface area (Å²) in [7, 11) is 1.93. The Hall–Kier alpha value is -2.55. The molecule has 0 saturated carbocycles. The maximum Gasteiger partial charge on any atom is 0.235 e. The Balaban J connectivity index is 1.77. The molecule has 4 aromatic rings. The van der Waals surface area contributed by atoms with E-state index in [0.717, 1.165) is 50.6 Å². The normalized spacial score (nSPS) is 11.9. The van der Waals surface area contributed by atoms with Crippen LogP contribution in [0.5, 0.6) is 0 Å². The van der Waals surface area contributed by atoms with Crippen LogP contribution in [0, 0.1) is 19.8 Å². The minimum atomic E-state index is 0.578. The third-order valence-corrected chi connectivity index (χ3v) is 5.12. The number of rotatable bonds is 4. The smallest absolute Gasteiger partial charge is 0.235 e. The summed E-state index contributed by atoms with van der Waals surface area (Å²) in [4.78, 5) is 0.751. The van der Waals surface area contributed by atoms with Gasteiger partial charge in [0.15, 0.2) is 10.8 Å². The van der Waals surface area contributed by atoms with Gasteiger partial charge in [-0.05, 0) is 32.3 Å². The highest BCUT2D eigenvalue weighted by Gasteiger charge is 2.21. The van der Waals surface area contributed by atoms with E-state index in [4.69, 9.17) is 5.10 Å². The summed E-state index contributed by atoms with van der Waals surface area (Å²) < 4.78 is 3.64. The number of aromatic amines is 1. The predicted octanol–water partition coefficient (Wildman–Crippen LogP) is 2.79. The lowest BCUT2D eigenvalue weighted by atomic mass is 10.1. The number of nitrogens with zero attached hydrogens (tertiary/aromatic N) is 7. The molecular weight excluding hydrogens is 336 g/mol. The van der Waals surface area contributed by atoms with Crippen molar-refractivity contribution in [1.82, 2.24) is 39.8 Å². The van der Waals surface area contributed by atoms with Gasteiger partial charge in [0.1, 0.15) is 5.69 Å². The molecule has 0 aliphatic heterocycles. The first-order valence-electron chi connectivity index (χ1n) is 8.21. The molecule has 0 spiro atoms. The second-order valence-corrected chi connectivity index (χ2v) is 7.63. The molecule has 0 unspecified atom stereocenters. The van der Waals surface area contributed by atoms with Gasteiger partial charge in [-0.3, -0.25) is 9.78 Å². The molecule has 8 nitrogen and oxygen atoms in total. The summed E-state index contributed by atoms with van der Waals surface area (Å²) >= 11 is 1.49. The van der Waals surface area contributed by atoms with Crippen LogP contribution < -0.4 is 0 Å². The van der Waals surface area contributed by atoms with Crippen LogP contribution in [0.2, 0.25) is 0 Å². The van der Waals surface area contributed by atoms with Gasteiger partial charge < -0.3 is 0 Å². The van der Waals surface area contributed by atoms with Crippen LogP contribution in [0.3, 0.4) is 0 Å². The molecule has 0 aromatic carbocycles. The van der Waals surface area contributed by atoms with Crippen LogP contribution in [0.4, 0.5) is 0 Å². The molecule has 25 heavy (non-hydrogen) atoms. The van der Waals surface area contributed by atoms with Crippen molar-refractivity contribution in [3.63, 3.8) is 0 Å². The van der Waals surface area contributed by atoms with Gasteiger partial charge in [-0.25, -0.2) is 0 Å². The topological polar surface area (TPSA) is 89.6 Å². The molecule has 0 bridgehead atoms. The van der Waals surface area contributed by atoms with E-state index in [9.17, 15) is 0 Å². The molecule has 0 fully saturated rings. The van der Waals surface area contributed by atoms with Crippen molar-refractivity contribution < 1.29 is 0 Å². The molecule has 0 saturated heterocycles. The maximum absolute atomic E-state index is 4.69. The van der Waals surface area contributed by atoms with Gasteiger partial charge in [-0.15, -0.1) is 10.2 Å². The highest BCUT2D eigenvalue weighted by Crippen LogP contribution is 2.30. The Labute approximate surface area is 148 Å². The van der Waals surface area contributed by atoms with Gasteiger partial charge >= 0.3 is 0 Å². The van der Waals surface area contributed by atoms with E-state index >= 15 is 0 Å². The Morgan fingerprint density at radius 1 is 1.20 bits per heavy atom. The third-order valence-electron chi connectivity index (χ3n) is 4.20. The van der Waals surface area contributed by atoms with Crippen molar-refractivity contribution in [2.75, 3.05) is 0 Å². The van der Waals surface area contributed by atoms with Gasteiger partial charge in [0, 0.05) is 18.4 Å². The van der Waals surface area contributed by atoms with E-state index < -0.39 is 0 Å². The molecule has 0 atom stereocenters. The van der Waals surface area contributed by atoms with Crippen LogP contribution >= 0.6 is 11.3 Å². The molecule has 4 rings (SSSR count). The minimum absolute atomic E-state index is 0.578. The molecule has 9 heteroatoms. The first kappa shape index (κ1) is 15.9. The van der Waals surface area contributed by atoms with Crippen LogP contribution in [0.25, 0.3) is 27.1 Å². The molecule has 4 aromatic heterocycles. The average Bonchev–Trinajstić information content (AvgIpc) is 3.25. The third kappa shape index (κ3) is 2.64. The summed E-state index contributed by atoms with van der Waals surface area (Å²) in [6.45, 7) is 8.38. The number of aryl methyl sites for hydroxylation is 2. The fourth-order valence-electron chi connectivity index (χ4n) is 2.99. The Morgan fingerprint density at radius 3 is 2.68 bits per heavy atom. The van der Waals surface area contributed by atoms with E-state index in [2.05, 4.69) is 45.4 Å². The SMILES string of the molecule is Cc1nn(C)c(C)c1-c1nnc2sc(-c3cc(CC(C)C)[nH]n3)nn12. The van der Waals surface area contributed by atoms with Gasteiger partial charge in [0.2, 0.25) is 4.96 Å². The number of fused-ring (bicyclic) bond motifs is 1. The second kappa shape index (κ2) is 5.76. The quantitative estimate of drug-likeness (QED) is 0.607. The van der Waals surface area contributed by atoms with E-state index in [-0.39, 0.29) is 0 Å². The molecule has 1 N–H and O–H groups in total. The summed E-state index contributed by atoms with van der Waals surface area (Å²) in [5, 5.41) is 26.1. The first-order valence-corrected chi connectivity index (χ1v) is 9.03. The number of nitrogens with one attached hydrogen (secondary N) is 1. The lowest BCUT2D eigenvalue weighted by Gasteiger charge is -1.98. The van der Waals surface area contributed by atoms with Crippen molar-refractivity contribution in [2.45, 2.75) is 34.1 Å². The fraction of sp³-hybridized carbons (Fsp3) is 0.438.